The monoisotopic (exact) mass is 405 g/mol. The molecular weight excluding hydrogens is 388 g/mol. The van der Waals surface area contributed by atoms with E-state index in [4.69, 9.17) is 10.5 Å². The van der Waals surface area contributed by atoms with Crippen LogP contribution in [0.2, 0.25) is 0 Å². The molecule has 0 atom stereocenters. The van der Waals surface area contributed by atoms with Crippen LogP contribution < -0.4 is 15.8 Å². The maximum Gasteiger partial charge on any atom is 0.387 e. The number of amides is 1. The van der Waals surface area contributed by atoms with Crippen molar-refractivity contribution in [3.8, 4) is 17.0 Å². The van der Waals surface area contributed by atoms with Crippen molar-refractivity contribution >= 4 is 34.8 Å². The number of nitrogens with two attached hydrogens (primary N) is 1. The molecule has 26 heavy (non-hydrogen) atoms. The van der Waals surface area contributed by atoms with Crippen LogP contribution in [0.5, 0.6) is 5.75 Å². The number of hydrogen-bond acceptors (Lipinski definition) is 6. The molecule has 1 aromatic carbocycles. The first-order valence-corrected chi connectivity index (χ1v) is 8.53. The summed E-state index contributed by atoms with van der Waals surface area (Å²) in [4.78, 5) is 16.7. The highest BCUT2D eigenvalue weighted by molar-refractivity contribution is 7.14. The number of thiazole rings is 1. The number of rotatable bonds is 5. The van der Waals surface area contributed by atoms with Gasteiger partial charge in [-0.15, -0.1) is 23.7 Å². The summed E-state index contributed by atoms with van der Waals surface area (Å²) < 4.78 is 33.9. The smallest absolute Gasteiger partial charge is 0.387 e. The number of benzene rings is 1. The summed E-state index contributed by atoms with van der Waals surface area (Å²) in [7, 11) is 0. The van der Waals surface area contributed by atoms with Gasteiger partial charge in [-0.25, -0.2) is 4.98 Å². The van der Waals surface area contributed by atoms with Crippen molar-refractivity contribution < 1.29 is 23.0 Å². The van der Waals surface area contributed by atoms with E-state index < -0.39 is 12.2 Å². The van der Waals surface area contributed by atoms with Gasteiger partial charge in [0.2, 0.25) is 5.91 Å². The van der Waals surface area contributed by atoms with Crippen molar-refractivity contribution in [1.29, 1.82) is 0 Å². The van der Waals surface area contributed by atoms with E-state index in [0.29, 0.717) is 36.9 Å². The van der Waals surface area contributed by atoms with Gasteiger partial charge in [-0.05, 0) is 37.1 Å². The Morgan fingerprint density at radius 3 is 2.58 bits per heavy atom. The Kier molecular flexibility index (Phi) is 6.87. The fraction of sp³-hybridized carbons (Fsp3) is 0.375. The maximum atomic E-state index is 12.4. The molecule has 0 aliphatic carbocycles. The summed E-state index contributed by atoms with van der Waals surface area (Å²) in [5.41, 5.74) is 6.54. The van der Waals surface area contributed by atoms with Gasteiger partial charge >= 0.3 is 6.61 Å². The third-order valence-electron chi connectivity index (χ3n) is 3.94. The summed E-state index contributed by atoms with van der Waals surface area (Å²) >= 11 is 1.27. The fourth-order valence-corrected chi connectivity index (χ4v) is 3.17. The van der Waals surface area contributed by atoms with E-state index in [1.165, 1.54) is 23.5 Å². The molecule has 142 valence electrons. The minimum atomic E-state index is -2.86. The average Bonchev–Trinajstić information content (AvgIpc) is 3.04. The second kappa shape index (κ2) is 8.72. The van der Waals surface area contributed by atoms with Gasteiger partial charge in [0, 0.05) is 24.2 Å². The van der Waals surface area contributed by atoms with Gasteiger partial charge < -0.3 is 20.5 Å². The van der Waals surface area contributed by atoms with Crippen LogP contribution in [0, 0.1) is 0 Å². The summed E-state index contributed by atoms with van der Waals surface area (Å²) in [5, 5.41) is 4.95. The molecule has 1 saturated heterocycles. The molecule has 2 aromatic rings. The van der Waals surface area contributed by atoms with Crippen LogP contribution >= 0.6 is 23.7 Å². The molecule has 0 radical (unpaired) electrons. The molecule has 0 bridgehead atoms. The summed E-state index contributed by atoms with van der Waals surface area (Å²) in [6.45, 7) is -1.94. The summed E-state index contributed by atoms with van der Waals surface area (Å²) in [6, 6.07) is 6.13. The van der Waals surface area contributed by atoms with Crippen LogP contribution in [0.25, 0.3) is 11.3 Å². The number of carbonyl (C=O) groups is 1. The Bertz CT molecular complexity index is 737. The van der Waals surface area contributed by atoms with Crippen LogP contribution in [-0.2, 0) is 9.53 Å². The number of nitrogens with one attached hydrogen (secondary N) is 1. The minimum Gasteiger partial charge on any atom is -0.435 e. The first-order chi connectivity index (χ1) is 12.0. The molecule has 6 nitrogen and oxygen atoms in total. The van der Waals surface area contributed by atoms with Crippen LogP contribution in [0.3, 0.4) is 0 Å². The molecule has 1 aliphatic rings. The lowest BCUT2D eigenvalue weighted by Gasteiger charge is -2.31. The number of carbonyl (C=O) groups excluding carboxylic acids is 1. The minimum absolute atomic E-state index is 0. The van der Waals surface area contributed by atoms with E-state index in [1.807, 2.05) is 0 Å². The van der Waals surface area contributed by atoms with Crippen LogP contribution in [0.15, 0.2) is 29.6 Å². The average molecular weight is 406 g/mol. The molecule has 0 spiro atoms. The van der Waals surface area contributed by atoms with Crippen molar-refractivity contribution in [3.05, 3.63) is 29.6 Å². The lowest BCUT2D eigenvalue weighted by atomic mass is 9.90. The third kappa shape index (κ3) is 4.88. The Labute approximate surface area is 159 Å². The standard InChI is InChI=1S/C16H17F2N3O3S.ClH/c17-14(18)24-11-3-1-10(2-4-11)12-9-25-15(20-12)21-13(22)16(19)5-7-23-8-6-16;/h1-4,9,14H,5-8,19H2,(H,20,21,22);1H. The second-order valence-electron chi connectivity index (χ2n) is 5.66. The zero-order valence-corrected chi connectivity index (χ0v) is 15.2. The molecule has 1 fully saturated rings. The van der Waals surface area contributed by atoms with Gasteiger partial charge in [0.05, 0.1) is 5.69 Å². The number of nitrogens with zero attached hydrogens (tertiary/aromatic N) is 1. The normalized spacial score (nSPS) is 16.0. The molecule has 3 N–H and O–H groups in total. The number of alkyl halides is 2. The third-order valence-corrected chi connectivity index (χ3v) is 4.69. The van der Waals surface area contributed by atoms with Crippen LogP contribution in [-0.4, -0.2) is 36.3 Å². The summed E-state index contributed by atoms with van der Waals surface area (Å²) in [5.74, 6) is -0.204. The van der Waals surface area contributed by atoms with Crippen molar-refractivity contribution in [2.45, 2.75) is 25.0 Å². The highest BCUT2D eigenvalue weighted by Crippen LogP contribution is 2.28. The molecule has 1 aliphatic heterocycles. The lowest BCUT2D eigenvalue weighted by Crippen LogP contribution is -2.54. The quantitative estimate of drug-likeness (QED) is 0.797. The Morgan fingerprint density at radius 2 is 1.96 bits per heavy atom. The zero-order valence-electron chi connectivity index (χ0n) is 13.6. The zero-order chi connectivity index (χ0) is 17.9. The van der Waals surface area contributed by atoms with Gasteiger partial charge in [-0.2, -0.15) is 8.78 Å². The first kappa shape index (κ1) is 20.5. The molecule has 2 heterocycles. The predicted molar refractivity (Wildman–Crippen MR) is 97.0 cm³/mol. The van der Waals surface area contributed by atoms with Crippen LogP contribution in [0.4, 0.5) is 13.9 Å². The number of ether oxygens (including phenoxy) is 2. The first-order valence-electron chi connectivity index (χ1n) is 7.65. The molecular formula is C16H18ClF2N3O3S. The van der Waals surface area contributed by atoms with Crippen molar-refractivity contribution in [2.75, 3.05) is 18.5 Å². The van der Waals surface area contributed by atoms with Gasteiger partial charge in [-0.3, -0.25) is 4.79 Å². The van der Waals surface area contributed by atoms with E-state index in [2.05, 4.69) is 15.0 Å². The topological polar surface area (TPSA) is 86.5 Å². The molecule has 0 unspecified atom stereocenters. The van der Waals surface area contributed by atoms with E-state index in [0.717, 1.165) is 5.56 Å². The van der Waals surface area contributed by atoms with Gasteiger partial charge in [-0.1, -0.05) is 0 Å². The van der Waals surface area contributed by atoms with Gasteiger partial charge in [0.15, 0.2) is 5.13 Å². The Hall–Kier alpha value is -1.81. The number of anilines is 1. The largest absolute Gasteiger partial charge is 0.435 e. The SMILES string of the molecule is Cl.NC1(C(=O)Nc2nc(-c3ccc(OC(F)F)cc3)cs2)CCOCC1. The molecule has 0 saturated carbocycles. The van der Waals surface area contributed by atoms with Crippen molar-refractivity contribution in [2.24, 2.45) is 5.73 Å². The van der Waals surface area contributed by atoms with Gasteiger partial charge in [0.25, 0.3) is 0 Å². The molecule has 1 aromatic heterocycles. The summed E-state index contributed by atoms with van der Waals surface area (Å²) in [6.07, 6.45) is 0.922. The van der Waals surface area contributed by atoms with Crippen molar-refractivity contribution in [3.63, 3.8) is 0 Å². The van der Waals surface area contributed by atoms with E-state index in [-0.39, 0.29) is 24.1 Å². The molecule has 3 rings (SSSR count). The predicted octanol–water partition coefficient (Wildman–Crippen LogP) is 3.28. The lowest BCUT2D eigenvalue weighted by molar-refractivity contribution is -0.124. The van der Waals surface area contributed by atoms with Gasteiger partial charge in [0.1, 0.15) is 11.3 Å². The number of halogens is 3. The van der Waals surface area contributed by atoms with E-state index >= 15 is 0 Å². The fourth-order valence-electron chi connectivity index (χ4n) is 2.46. The Morgan fingerprint density at radius 1 is 1.31 bits per heavy atom. The van der Waals surface area contributed by atoms with E-state index in [1.54, 1.807) is 17.5 Å². The Balaban J connectivity index is 0.00000243. The maximum absolute atomic E-state index is 12.4. The second-order valence-corrected chi connectivity index (χ2v) is 6.52. The van der Waals surface area contributed by atoms with Crippen molar-refractivity contribution in [1.82, 2.24) is 4.98 Å². The number of aromatic nitrogens is 1. The molecule has 10 heteroatoms. The van der Waals surface area contributed by atoms with E-state index in [9.17, 15) is 13.6 Å². The number of hydrogen-bond donors (Lipinski definition) is 2. The highest BCUT2D eigenvalue weighted by Gasteiger charge is 2.36. The highest BCUT2D eigenvalue weighted by atomic mass is 35.5. The molecule has 1 amide bonds. The van der Waals surface area contributed by atoms with Crippen LogP contribution in [0.1, 0.15) is 12.8 Å².